The standard InChI is InChI=1S/C23H22N4O3/c1-25(15-18-13-17-5-3-4-6-19(17)26(18)2)21(28)10-8-16-7-9-20(24-14-16)27-22(29)11-12-23(27)30/h3-14,29-30H,15H2,1-2H3. The molecule has 152 valence electrons. The topological polar surface area (TPSA) is 83.5 Å². The molecule has 0 unspecified atom stereocenters. The first-order chi connectivity index (χ1) is 14.4. The van der Waals surface area contributed by atoms with Gasteiger partial charge in [0.25, 0.3) is 0 Å². The van der Waals surface area contributed by atoms with E-state index >= 15 is 0 Å². The van der Waals surface area contributed by atoms with Gasteiger partial charge in [0.15, 0.2) is 11.8 Å². The van der Waals surface area contributed by atoms with Crippen LogP contribution in [-0.4, -0.2) is 42.2 Å². The molecule has 0 bridgehead atoms. The summed E-state index contributed by atoms with van der Waals surface area (Å²) in [5.74, 6) is 0.0539. The monoisotopic (exact) mass is 402 g/mol. The summed E-state index contributed by atoms with van der Waals surface area (Å²) in [7, 11) is 3.77. The number of aromatic hydroxyl groups is 2. The highest BCUT2D eigenvalue weighted by atomic mass is 16.3. The molecule has 0 atom stereocenters. The van der Waals surface area contributed by atoms with Crippen molar-refractivity contribution in [2.75, 3.05) is 7.05 Å². The normalized spacial score (nSPS) is 11.4. The Bertz CT molecular complexity index is 1220. The number of hydrogen-bond acceptors (Lipinski definition) is 4. The first kappa shape index (κ1) is 19.3. The van der Waals surface area contributed by atoms with Crippen LogP contribution in [0.1, 0.15) is 11.3 Å². The van der Waals surface area contributed by atoms with E-state index in [1.807, 2.05) is 19.2 Å². The molecule has 0 aliphatic heterocycles. The third kappa shape index (κ3) is 3.65. The molecule has 0 fully saturated rings. The summed E-state index contributed by atoms with van der Waals surface area (Å²) in [5.41, 5.74) is 2.92. The second-order valence-electron chi connectivity index (χ2n) is 7.12. The Kier molecular flexibility index (Phi) is 5.02. The number of aromatic nitrogens is 3. The molecular weight excluding hydrogens is 380 g/mol. The second-order valence-corrected chi connectivity index (χ2v) is 7.12. The number of pyridine rings is 1. The van der Waals surface area contributed by atoms with Crippen LogP contribution in [0.5, 0.6) is 11.8 Å². The van der Waals surface area contributed by atoms with Crippen molar-refractivity contribution in [3.05, 3.63) is 78.1 Å². The minimum Gasteiger partial charge on any atom is -0.494 e. The Morgan fingerprint density at radius 2 is 1.83 bits per heavy atom. The lowest BCUT2D eigenvalue weighted by atomic mass is 10.2. The molecule has 0 spiro atoms. The van der Waals surface area contributed by atoms with Gasteiger partial charge in [-0.05, 0) is 41.3 Å². The van der Waals surface area contributed by atoms with Crippen LogP contribution in [0, 0.1) is 0 Å². The lowest BCUT2D eigenvalue weighted by Crippen LogP contribution is -2.25. The lowest BCUT2D eigenvalue weighted by molar-refractivity contribution is -0.125. The van der Waals surface area contributed by atoms with Crippen molar-refractivity contribution in [1.82, 2.24) is 19.0 Å². The van der Waals surface area contributed by atoms with Crippen molar-refractivity contribution in [1.29, 1.82) is 0 Å². The largest absolute Gasteiger partial charge is 0.494 e. The minimum atomic E-state index is -0.120. The molecule has 3 heterocycles. The van der Waals surface area contributed by atoms with Crippen LogP contribution in [0.3, 0.4) is 0 Å². The average molecular weight is 402 g/mol. The summed E-state index contributed by atoms with van der Waals surface area (Å²) in [6, 6.07) is 16.4. The summed E-state index contributed by atoms with van der Waals surface area (Å²) in [4.78, 5) is 18.4. The molecule has 0 aliphatic carbocycles. The molecule has 1 amide bonds. The zero-order valence-corrected chi connectivity index (χ0v) is 16.7. The lowest BCUT2D eigenvalue weighted by Gasteiger charge is -2.15. The fourth-order valence-electron chi connectivity index (χ4n) is 3.39. The maximum atomic E-state index is 12.5. The Morgan fingerprint density at radius 1 is 1.10 bits per heavy atom. The van der Waals surface area contributed by atoms with Gasteiger partial charge in [0, 0.05) is 49.7 Å². The van der Waals surface area contributed by atoms with Crippen molar-refractivity contribution in [2.45, 2.75) is 6.54 Å². The molecule has 2 N–H and O–H groups in total. The van der Waals surface area contributed by atoms with Crippen LogP contribution in [0.15, 0.2) is 66.9 Å². The number of benzene rings is 1. The van der Waals surface area contributed by atoms with E-state index in [0.717, 1.165) is 22.2 Å². The first-order valence-electron chi connectivity index (χ1n) is 9.46. The predicted molar refractivity (Wildman–Crippen MR) is 115 cm³/mol. The Hall–Kier alpha value is -4.00. The number of aryl methyl sites for hydroxylation is 1. The van der Waals surface area contributed by atoms with Gasteiger partial charge in [-0.15, -0.1) is 0 Å². The maximum absolute atomic E-state index is 12.5. The van der Waals surface area contributed by atoms with E-state index in [0.29, 0.717) is 12.4 Å². The predicted octanol–water partition coefficient (Wildman–Crippen LogP) is 3.45. The van der Waals surface area contributed by atoms with E-state index in [9.17, 15) is 15.0 Å². The number of carbonyl (C=O) groups is 1. The number of para-hydroxylation sites is 1. The van der Waals surface area contributed by atoms with E-state index in [2.05, 4.69) is 27.8 Å². The maximum Gasteiger partial charge on any atom is 0.246 e. The van der Waals surface area contributed by atoms with Gasteiger partial charge in [0.1, 0.15) is 5.82 Å². The minimum absolute atomic E-state index is 0.103. The molecule has 4 aromatic rings. The van der Waals surface area contributed by atoms with Gasteiger partial charge in [-0.3, -0.25) is 4.79 Å². The van der Waals surface area contributed by atoms with Crippen LogP contribution in [0.4, 0.5) is 0 Å². The highest BCUT2D eigenvalue weighted by Gasteiger charge is 2.11. The van der Waals surface area contributed by atoms with Crippen LogP contribution < -0.4 is 0 Å². The number of amides is 1. The second kappa shape index (κ2) is 7.79. The highest BCUT2D eigenvalue weighted by Crippen LogP contribution is 2.25. The molecule has 0 saturated heterocycles. The summed E-state index contributed by atoms with van der Waals surface area (Å²) in [6.45, 7) is 0.498. The number of carbonyl (C=O) groups excluding carboxylic acids is 1. The van der Waals surface area contributed by atoms with E-state index in [4.69, 9.17) is 0 Å². The molecule has 0 aliphatic rings. The zero-order valence-electron chi connectivity index (χ0n) is 16.7. The molecular formula is C23H22N4O3. The summed E-state index contributed by atoms with van der Waals surface area (Å²) in [5, 5.41) is 20.7. The van der Waals surface area contributed by atoms with Crippen LogP contribution >= 0.6 is 0 Å². The van der Waals surface area contributed by atoms with Crippen LogP contribution in [-0.2, 0) is 18.4 Å². The molecule has 1 aromatic carbocycles. The molecule has 4 rings (SSSR count). The smallest absolute Gasteiger partial charge is 0.246 e. The van der Waals surface area contributed by atoms with Crippen molar-refractivity contribution in [3.63, 3.8) is 0 Å². The van der Waals surface area contributed by atoms with Crippen LogP contribution in [0.25, 0.3) is 22.8 Å². The molecule has 0 saturated carbocycles. The third-order valence-corrected chi connectivity index (χ3v) is 5.08. The Morgan fingerprint density at radius 3 is 2.50 bits per heavy atom. The fraction of sp³-hybridized carbons (Fsp3) is 0.130. The Balaban J connectivity index is 1.44. The van der Waals surface area contributed by atoms with Gasteiger partial charge in [0.05, 0.1) is 6.54 Å². The van der Waals surface area contributed by atoms with E-state index < -0.39 is 0 Å². The Labute approximate surface area is 173 Å². The van der Waals surface area contributed by atoms with Gasteiger partial charge < -0.3 is 19.7 Å². The molecule has 0 radical (unpaired) electrons. The average Bonchev–Trinajstić information content (AvgIpc) is 3.25. The van der Waals surface area contributed by atoms with Crippen molar-refractivity contribution in [2.24, 2.45) is 7.05 Å². The number of likely N-dealkylation sites (N-methyl/N-ethyl adjacent to an activating group) is 1. The number of hydrogen-bond donors (Lipinski definition) is 2. The van der Waals surface area contributed by atoms with Crippen molar-refractivity contribution < 1.29 is 15.0 Å². The van der Waals surface area contributed by atoms with E-state index in [-0.39, 0.29) is 17.7 Å². The molecule has 7 heteroatoms. The quantitative estimate of drug-likeness (QED) is 0.501. The van der Waals surface area contributed by atoms with Crippen molar-refractivity contribution >= 4 is 22.9 Å². The first-order valence-corrected chi connectivity index (χ1v) is 9.46. The van der Waals surface area contributed by atoms with Crippen molar-refractivity contribution in [3.8, 4) is 17.6 Å². The molecule has 30 heavy (non-hydrogen) atoms. The van der Waals surface area contributed by atoms with Gasteiger partial charge in [-0.2, -0.15) is 0 Å². The summed E-state index contributed by atoms with van der Waals surface area (Å²) >= 11 is 0. The van der Waals surface area contributed by atoms with Gasteiger partial charge >= 0.3 is 0 Å². The molecule has 7 nitrogen and oxygen atoms in total. The van der Waals surface area contributed by atoms with Gasteiger partial charge in [-0.25, -0.2) is 9.55 Å². The van der Waals surface area contributed by atoms with Gasteiger partial charge in [0.2, 0.25) is 5.91 Å². The zero-order chi connectivity index (χ0) is 21.3. The third-order valence-electron chi connectivity index (χ3n) is 5.08. The highest BCUT2D eigenvalue weighted by molar-refractivity contribution is 5.91. The summed E-state index contributed by atoms with van der Waals surface area (Å²) in [6.07, 6.45) is 4.76. The fourth-order valence-corrected chi connectivity index (χ4v) is 3.39. The molecule has 3 aromatic heterocycles. The summed E-state index contributed by atoms with van der Waals surface area (Å²) < 4.78 is 3.31. The van der Waals surface area contributed by atoms with Crippen LogP contribution in [0.2, 0.25) is 0 Å². The number of rotatable bonds is 5. The SMILES string of the molecule is CN(Cc1cc2ccccc2n1C)C(=O)C=Cc1ccc(-n2c(O)ccc2O)nc1. The number of nitrogens with zero attached hydrogens (tertiary/aromatic N) is 4. The van der Waals surface area contributed by atoms with E-state index in [1.54, 1.807) is 36.4 Å². The number of fused-ring (bicyclic) bond motifs is 1. The van der Waals surface area contributed by atoms with E-state index in [1.165, 1.54) is 22.8 Å². The van der Waals surface area contributed by atoms with Gasteiger partial charge in [-0.1, -0.05) is 18.2 Å².